The molecule has 4 rings (SSSR count). The fourth-order valence-corrected chi connectivity index (χ4v) is 4.34. The van der Waals surface area contributed by atoms with Crippen molar-refractivity contribution in [2.24, 2.45) is 0 Å². The highest BCUT2D eigenvalue weighted by atomic mass is 16.5. The van der Waals surface area contributed by atoms with E-state index in [1.165, 1.54) is 0 Å². The van der Waals surface area contributed by atoms with Gasteiger partial charge in [-0.2, -0.15) is 0 Å². The third-order valence-corrected chi connectivity index (χ3v) is 5.96. The highest BCUT2D eigenvalue weighted by Crippen LogP contribution is 2.39. The summed E-state index contributed by atoms with van der Waals surface area (Å²) in [5.41, 5.74) is 2.13. The van der Waals surface area contributed by atoms with Gasteiger partial charge in [0.05, 0.1) is 27.4 Å². The molecule has 2 aromatic carbocycles. The molecule has 7 nitrogen and oxygen atoms in total. The van der Waals surface area contributed by atoms with E-state index >= 15 is 0 Å². The number of hydrogen-bond acceptors (Lipinski definition) is 6. The number of amides is 1. The number of nitrogens with zero attached hydrogens (tertiary/aromatic N) is 1. The van der Waals surface area contributed by atoms with E-state index in [-0.39, 0.29) is 18.1 Å². The van der Waals surface area contributed by atoms with Crippen LogP contribution in [0.3, 0.4) is 0 Å². The van der Waals surface area contributed by atoms with Gasteiger partial charge < -0.3 is 28.6 Å². The molecule has 0 N–H and O–H groups in total. The van der Waals surface area contributed by atoms with Crippen molar-refractivity contribution in [1.29, 1.82) is 0 Å². The molecule has 2 aromatic rings. The minimum Gasteiger partial charge on any atom is -0.493 e. The quantitative estimate of drug-likeness (QED) is 0.675. The predicted octanol–water partition coefficient (Wildman–Crippen LogP) is 3.40. The lowest BCUT2D eigenvalue weighted by atomic mass is 9.91. The molecule has 2 unspecified atom stereocenters. The summed E-state index contributed by atoms with van der Waals surface area (Å²) in [6.07, 6.45) is 2.03. The second-order valence-electron chi connectivity index (χ2n) is 7.67. The van der Waals surface area contributed by atoms with Crippen LogP contribution in [0.2, 0.25) is 0 Å². The number of para-hydroxylation sites is 2. The van der Waals surface area contributed by atoms with Gasteiger partial charge in [0.25, 0.3) is 5.91 Å². The summed E-state index contributed by atoms with van der Waals surface area (Å²) in [6.45, 7) is 1.52. The Balaban J connectivity index is 1.67. The SMILES string of the molecule is COc1cc2c(cc1OC)C(COc1ccccc1OC)N(C(=O)C1CCCO1)CC2. The number of methoxy groups -OCH3 is 3. The van der Waals surface area contributed by atoms with Crippen molar-refractivity contribution < 1.29 is 28.5 Å². The normalized spacial score (nSPS) is 20.2. The van der Waals surface area contributed by atoms with Crippen molar-refractivity contribution in [1.82, 2.24) is 4.90 Å². The lowest BCUT2D eigenvalue weighted by molar-refractivity contribution is -0.144. The molecule has 2 aliphatic rings. The number of carbonyl (C=O) groups is 1. The van der Waals surface area contributed by atoms with E-state index < -0.39 is 0 Å². The van der Waals surface area contributed by atoms with Crippen LogP contribution in [0, 0.1) is 0 Å². The van der Waals surface area contributed by atoms with Crippen LogP contribution >= 0.6 is 0 Å². The molecule has 0 aromatic heterocycles. The summed E-state index contributed by atoms with van der Waals surface area (Å²) in [5.74, 6) is 2.64. The standard InChI is InChI=1S/C24H29NO6/c1-27-19-7-4-5-8-20(19)31-15-18-17-14-23(29-3)22(28-2)13-16(17)10-11-25(18)24(26)21-9-6-12-30-21/h4-5,7-8,13-14,18,21H,6,9-12,15H2,1-3H3. The average molecular weight is 427 g/mol. The zero-order valence-corrected chi connectivity index (χ0v) is 18.3. The number of benzene rings is 2. The van der Waals surface area contributed by atoms with Gasteiger partial charge in [-0.15, -0.1) is 0 Å². The van der Waals surface area contributed by atoms with Crippen molar-refractivity contribution >= 4 is 5.91 Å². The van der Waals surface area contributed by atoms with E-state index in [0.29, 0.717) is 42.8 Å². The first-order chi connectivity index (χ1) is 15.2. The van der Waals surface area contributed by atoms with E-state index in [1.54, 1.807) is 21.3 Å². The van der Waals surface area contributed by atoms with Gasteiger partial charge in [0, 0.05) is 13.2 Å². The number of carbonyl (C=O) groups excluding carboxylic acids is 1. The van der Waals surface area contributed by atoms with Gasteiger partial charge in [-0.3, -0.25) is 4.79 Å². The smallest absolute Gasteiger partial charge is 0.252 e. The number of fused-ring (bicyclic) bond motifs is 1. The summed E-state index contributed by atoms with van der Waals surface area (Å²) < 4.78 is 28.3. The van der Waals surface area contributed by atoms with Crippen LogP contribution in [-0.4, -0.2) is 58.0 Å². The molecule has 0 saturated carbocycles. The molecule has 2 atom stereocenters. The number of hydrogen-bond donors (Lipinski definition) is 0. The van der Waals surface area contributed by atoms with Gasteiger partial charge >= 0.3 is 0 Å². The minimum atomic E-state index is -0.379. The van der Waals surface area contributed by atoms with Crippen LogP contribution in [0.1, 0.15) is 30.0 Å². The first-order valence-electron chi connectivity index (χ1n) is 10.6. The number of rotatable bonds is 7. The second kappa shape index (κ2) is 9.47. The Kier molecular flexibility index (Phi) is 6.51. The highest BCUT2D eigenvalue weighted by molar-refractivity contribution is 5.82. The van der Waals surface area contributed by atoms with Crippen molar-refractivity contribution in [2.45, 2.75) is 31.4 Å². The molecule has 31 heavy (non-hydrogen) atoms. The largest absolute Gasteiger partial charge is 0.493 e. The van der Waals surface area contributed by atoms with E-state index in [4.69, 9.17) is 23.7 Å². The lowest BCUT2D eigenvalue weighted by Gasteiger charge is -2.38. The topological polar surface area (TPSA) is 66.5 Å². The fourth-order valence-electron chi connectivity index (χ4n) is 4.34. The Labute approximate surface area is 182 Å². The van der Waals surface area contributed by atoms with Crippen molar-refractivity contribution in [3.05, 3.63) is 47.5 Å². The zero-order valence-electron chi connectivity index (χ0n) is 18.3. The predicted molar refractivity (Wildman–Crippen MR) is 115 cm³/mol. The minimum absolute atomic E-state index is 0.0200. The molecule has 1 fully saturated rings. The van der Waals surface area contributed by atoms with Crippen molar-refractivity contribution in [3.63, 3.8) is 0 Å². The van der Waals surface area contributed by atoms with E-state index in [2.05, 4.69) is 0 Å². The van der Waals surface area contributed by atoms with E-state index in [0.717, 1.165) is 30.4 Å². The molecule has 1 amide bonds. The molecule has 1 saturated heterocycles. The fraction of sp³-hybridized carbons (Fsp3) is 0.458. The molecule has 0 bridgehead atoms. The summed E-state index contributed by atoms with van der Waals surface area (Å²) in [7, 11) is 4.85. The Hall–Kier alpha value is -2.93. The van der Waals surface area contributed by atoms with Crippen LogP contribution in [0.25, 0.3) is 0 Å². The first kappa shape index (κ1) is 21.3. The second-order valence-corrected chi connectivity index (χ2v) is 7.67. The van der Waals surface area contributed by atoms with E-state index in [9.17, 15) is 4.79 Å². The maximum Gasteiger partial charge on any atom is 0.252 e. The maximum absolute atomic E-state index is 13.3. The summed E-state index contributed by atoms with van der Waals surface area (Å²) in [5, 5.41) is 0. The molecule has 166 valence electrons. The van der Waals surface area contributed by atoms with Gasteiger partial charge in [-0.05, 0) is 54.7 Å². The molecular weight excluding hydrogens is 398 g/mol. The summed E-state index contributed by atoms with van der Waals surface area (Å²) in [4.78, 5) is 15.2. The van der Waals surface area contributed by atoms with Gasteiger partial charge in [0.1, 0.15) is 12.7 Å². The summed E-state index contributed by atoms with van der Waals surface area (Å²) >= 11 is 0. The van der Waals surface area contributed by atoms with Crippen LogP contribution in [-0.2, 0) is 16.0 Å². The molecule has 2 aliphatic heterocycles. The third-order valence-electron chi connectivity index (χ3n) is 5.96. The first-order valence-corrected chi connectivity index (χ1v) is 10.6. The van der Waals surface area contributed by atoms with Gasteiger partial charge in [-0.1, -0.05) is 12.1 Å². The Morgan fingerprint density at radius 3 is 2.42 bits per heavy atom. The van der Waals surface area contributed by atoms with Crippen LogP contribution in [0.5, 0.6) is 23.0 Å². The van der Waals surface area contributed by atoms with Crippen LogP contribution < -0.4 is 18.9 Å². The molecule has 0 radical (unpaired) electrons. The molecule has 0 aliphatic carbocycles. The Morgan fingerprint density at radius 2 is 1.74 bits per heavy atom. The lowest BCUT2D eigenvalue weighted by Crippen LogP contribution is -2.46. The highest BCUT2D eigenvalue weighted by Gasteiger charge is 2.37. The van der Waals surface area contributed by atoms with Crippen molar-refractivity contribution in [2.75, 3.05) is 41.1 Å². The van der Waals surface area contributed by atoms with Gasteiger partial charge in [-0.25, -0.2) is 0 Å². The number of ether oxygens (including phenoxy) is 5. The summed E-state index contributed by atoms with van der Waals surface area (Å²) in [6, 6.07) is 11.2. The monoisotopic (exact) mass is 427 g/mol. The average Bonchev–Trinajstić information content (AvgIpc) is 3.36. The Morgan fingerprint density at radius 1 is 1.03 bits per heavy atom. The molecule has 2 heterocycles. The van der Waals surface area contributed by atoms with Gasteiger partial charge in [0.15, 0.2) is 23.0 Å². The van der Waals surface area contributed by atoms with Crippen LogP contribution in [0.4, 0.5) is 0 Å². The van der Waals surface area contributed by atoms with Gasteiger partial charge in [0.2, 0.25) is 0 Å². The molecule has 7 heteroatoms. The van der Waals surface area contributed by atoms with Crippen molar-refractivity contribution in [3.8, 4) is 23.0 Å². The Bertz CT molecular complexity index is 924. The maximum atomic E-state index is 13.3. The van der Waals surface area contributed by atoms with Crippen LogP contribution in [0.15, 0.2) is 36.4 Å². The zero-order chi connectivity index (χ0) is 21.8. The van der Waals surface area contributed by atoms with E-state index in [1.807, 2.05) is 41.3 Å². The third kappa shape index (κ3) is 4.28. The molecule has 0 spiro atoms. The molecular formula is C24H29NO6.